The molecule has 118 valence electrons. The van der Waals surface area contributed by atoms with E-state index >= 15 is 0 Å². The van der Waals surface area contributed by atoms with Gasteiger partial charge in [0.25, 0.3) is 0 Å². The molecule has 0 aliphatic carbocycles. The topological polar surface area (TPSA) is 50.7 Å². The number of halogens is 1. The minimum Gasteiger partial charge on any atom is -0.493 e. The Morgan fingerprint density at radius 3 is 2.45 bits per heavy atom. The number of nitrogens with one attached hydrogen (secondary N) is 1. The van der Waals surface area contributed by atoms with Crippen LogP contribution in [-0.2, 0) is 13.2 Å². The lowest BCUT2D eigenvalue weighted by Gasteiger charge is -2.13. The third kappa shape index (κ3) is 4.72. The summed E-state index contributed by atoms with van der Waals surface area (Å²) in [6.07, 6.45) is 0. The van der Waals surface area contributed by atoms with E-state index in [1.165, 1.54) is 12.1 Å². The van der Waals surface area contributed by atoms with Crippen LogP contribution in [0.3, 0.4) is 0 Å². The van der Waals surface area contributed by atoms with Crippen molar-refractivity contribution in [1.82, 2.24) is 5.32 Å². The fraction of sp³-hybridized carbons (Fsp3) is 0.294. The Morgan fingerprint density at radius 1 is 1.05 bits per heavy atom. The van der Waals surface area contributed by atoms with E-state index in [0.717, 1.165) is 11.1 Å². The smallest absolute Gasteiger partial charge is 0.161 e. The predicted molar refractivity (Wildman–Crippen MR) is 82.5 cm³/mol. The molecule has 0 aliphatic rings. The third-order valence-corrected chi connectivity index (χ3v) is 3.15. The highest BCUT2D eigenvalue weighted by Gasteiger charge is 2.06. The van der Waals surface area contributed by atoms with Crippen molar-refractivity contribution in [2.45, 2.75) is 13.2 Å². The average molecular weight is 305 g/mol. The van der Waals surface area contributed by atoms with Gasteiger partial charge >= 0.3 is 0 Å². The van der Waals surface area contributed by atoms with Gasteiger partial charge in [-0.25, -0.2) is 4.39 Å². The third-order valence-electron chi connectivity index (χ3n) is 3.15. The van der Waals surface area contributed by atoms with E-state index in [9.17, 15) is 4.39 Å². The van der Waals surface area contributed by atoms with Crippen molar-refractivity contribution >= 4 is 0 Å². The van der Waals surface area contributed by atoms with Gasteiger partial charge in [-0.15, -0.1) is 0 Å². The zero-order valence-electron chi connectivity index (χ0n) is 12.5. The summed E-state index contributed by atoms with van der Waals surface area (Å²) < 4.78 is 23.9. The summed E-state index contributed by atoms with van der Waals surface area (Å²) in [5.41, 5.74) is 1.91. The van der Waals surface area contributed by atoms with Gasteiger partial charge in [-0.05, 0) is 35.4 Å². The number of aliphatic hydroxyl groups is 1. The fourth-order valence-electron chi connectivity index (χ4n) is 2.00. The molecule has 2 aromatic carbocycles. The molecule has 22 heavy (non-hydrogen) atoms. The van der Waals surface area contributed by atoms with Gasteiger partial charge in [0.1, 0.15) is 12.4 Å². The summed E-state index contributed by atoms with van der Waals surface area (Å²) in [4.78, 5) is 0. The van der Waals surface area contributed by atoms with Crippen LogP contribution in [0.5, 0.6) is 11.5 Å². The van der Waals surface area contributed by atoms with Crippen LogP contribution in [-0.4, -0.2) is 25.4 Å². The molecule has 0 aromatic heterocycles. The first-order chi connectivity index (χ1) is 10.7. The van der Waals surface area contributed by atoms with E-state index in [0.29, 0.717) is 31.2 Å². The van der Waals surface area contributed by atoms with Crippen LogP contribution in [0.1, 0.15) is 11.1 Å². The molecule has 0 bridgehead atoms. The van der Waals surface area contributed by atoms with Gasteiger partial charge in [0.05, 0.1) is 13.7 Å². The number of rotatable bonds is 8. The van der Waals surface area contributed by atoms with E-state index < -0.39 is 0 Å². The first-order valence-electron chi connectivity index (χ1n) is 7.08. The Bertz CT molecular complexity index is 587. The van der Waals surface area contributed by atoms with Crippen LogP contribution in [0.4, 0.5) is 4.39 Å². The van der Waals surface area contributed by atoms with Crippen molar-refractivity contribution in [3.8, 4) is 11.5 Å². The summed E-state index contributed by atoms with van der Waals surface area (Å²) in [6.45, 7) is 1.61. The molecule has 4 nitrogen and oxygen atoms in total. The molecule has 0 saturated heterocycles. The van der Waals surface area contributed by atoms with Crippen LogP contribution in [0.2, 0.25) is 0 Å². The van der Waals surface area contributed by atoms with Crippen molar-refractivity contribution in [1.29, 1.82) is 0 Å². The number of benzene rings is 2. The van der Waals surface area contributed by atoms with E-state index in [1.54, 1.807) is 19.2 Å². The highest BCUT2D eigenvalue weighted by Crippen LogP contribution is 2.28. The lowest BCUT2D eigenvalue weighted by Crippen LogP contribution is -2.17. The second-order valence-electron chi connectivity index (χ2n) is 4.80. The molecule has 5 heteroatoms. The number of aliphatic hydroxyl groups excluding tert-OH is 1. The average Bonchev–Trinajstić information content (AvgIpc) is 2.55. The number of ether oxygens (including phenoxy) is 2. The summed E-state index contributed by atoms with van der Waals surface area (Å²) in [7, 11) is 1.59. The number of hydrogen-bond donors (Lipinski definition) is 2. The summed E-state index contributed by atoms with van der Waals surface area (Å²) in [6, 6.07) is 11.9. The molecule has 2 aromatic rings. The molecule has 0 spiro atoms. The van der Waals surface area contributed by atoms with Gasteiger partial charge in [-0.2, -0.15) is 0 Å². The molecule has 2 rings (SSSR count). The van der Waals surface area contributed by atoms with E-state index in [2.05, 4.69) is 5.32 Å². The largest absolute Gasteiger partial charge is 0.493 e. The minimum absolute atomic E-state index is 0.101. The van der Waals surface area contributed by atoms with Gasteiger partial charge in [0.2, 0.25) is 0 Å². The van der Waals surface area contributed by atoms with Gasteiger partial charge in [0.15, 0.2) is 11.5 Å². The lowest BCUT2D eigenvalue weighted by atomic mass is 10.2. The lowest BCUT2D eigenvalue weighted by molar-refractivity contribution is 0.283. The maximum Gasteiger partial charge on any atom is 0.161 e. The molecule has 0 radical (unpaired) electrons. The van der Waals surface area contributed by atoms with Gasteiger partial charge in [0, 0.05) is 13.1 Å². The molecular weight excluding hydrogens is 285 g/mol. The highest BCUT2D eigenvalue weighted by atomic mass is 19.1. The molecule has 0 amide bonds. The van der Waals surface area contributed by atoms with Crippen LogP contribution in [0.25, 0.3) is 0 Å². The normalized spacial score (nSPS) is 10.5. The van der Waals surface area contributed by atoms with E-state index in [-0.39, 0.29) is 12.4 Å². The summed E-state index contributed by atoms with van der Waals surface area (Å²) >= 11 is 0. The van der Waals surface area contributed by atoms with Crippen LogP contribution < -0.4 is 14.8 Å². The zero-order chi connectivity index (χ0) is 15.8. The molecule has 0 aliphatic heterocycles. The van der Waals surface area contributed by atoms with Gasteiger partial charge in [-0.3, -0.25) is 0 Å². The standard InChI is InChI=1S/C17H20FNO3/c1-21-16-7-4-14(11-19-8-9-20)10-17(16)22-12-13-2-5-15(18)6-3-13/h2-7,10,19-20H,8-9,11-12H2,1H3. The van der Waals surface area contributed by atoms with Crippen molar-refractivity contribution in [2.75, 3.05) is 20.3 Å². The SMILES string of the molecule is COc1ccc(CNCCO)cc1OCc1ccc(F)cc1. The Balaban J connectivity index is 2.03. The maximum absolute atomic E-state index is 12.9. The van der Waals surface area contributed by atoms with E-state index in [4.69, 9.17) is 14.6 Å². The van der Waals surface area contributed by atoms with Crippen LogP contribution >= 0.6 is 0 Å². The maximum atomic E-state index is 12.9. The number of methoxy groups -OCH3 is 1. The van der Waals surface area contributed by atoms with Crippen LogP contribution in [0, 0.1) is 5.82 Å². The second-order valence-corrected chi connectivity index (χ2v) is 4.80. The minimum atomic E-state index is -0.265. The highest BCUT2D eigenvalue weighted by molar-refractivity contribution is 5.43. The zero-order valence-corrected chi connectivity index (χ0v) is 12.5. The predicted octanol–water partition coefficient (Wildman–Crippen LogP) is 2.50. The summed E-state index contributed by atoms with van der Waals surface area (Å²) in [5, 5.41) is 11.9. The van der Waals surface area contributed by atoms with E-state index in [1.807, 2.05) is 18.2 Å². The van der Waals surface area contributed by atoms with Gasteiger partial charge < -0.3 is 19.9 Å². The van der Waals surface area contributed by atoms with Gasteiger partial charge in [-0.1, -0.05) is 18.2 Å². The van der Waals surface area contributed by atoms with Crippen molar-refractivity contribution in [3.63, 3.8) is 0 Å². The van der Waals surface area contributed by atoms with Crippen molar-refractivity contribution in [2.24, 2.45) is 0 Å². The quantitative estimate of drug-likeness (QED) is 0.736. The molecule has 0 heterocycles. The Morgan fingerprint density at radius 2 is 1.77 bits per heavy atom. The monoisotopic (exact) mass is 305 g/mol. The molecular formula is C17H20FNO3. The molecule has 2 N–H and O–H groups in total. The summed E-state index contributed by atoms with van der Waals surface area (Å²) in [5.74, 6) is 1.02. The Kier molecular flexibility index (Phi) is 6.18. The fourth-order valence-corrected chi connectivity index (χ4v) is 2.00. The number of hydrogen-bond acceptors (Lipinski definition) is 4. The van der Waals surface area contributed by atoms with Crippen molar-refractivity contribution < 1.29 is 19.0 Å². The molecule has 0 unspecified atom stereocenters. The first kappa shape index (κ1) is 16.3. The Labute approximate surface area is 129 Å². The van der Waals surface area contributed by atoms with Crippen LogP contribution in [0.15, 0.2) is 42.5 Å². The molecule has 0 fully saturated rings. The second kappa shape index (κ2) is 8.36. The van der Waals surface area contributed by atoms with Crippen molar-refractivity contribution in [3.05, 3.63) is 59.4 Å². The first-order valence-corrected chi connectivity index (χ1v) is 7.08. The Hall–Kier alpha value is -2.11. The molecule has 0 atom stereocenters. The molecule has 0 saturated carbocycles.